The van der Waals surface area contributed by atoms with Crippen LogP contribution in [-0.2, 0) is 4.79 Å². The van der Waals surface area contributed by atoms with Crippen LogP contribution in [0.2, 0.25) is 0 Å². The minimum atomic E-state index is -0.0504. The van der Waals surface area contributed by atoms with Gasteiger partial charge in [-0.05, 0) is 20.0 Å². The van der Waals surface area contributed by atoms with Crippen LogP contribution in [0.3, 0.4) is 0 Å². The van der Waals surface area contributed by atoms with E-state index in [9.17, 15) is 4.79 Å². The Balaban J connectivity index is 2.42. The molecular formula is C9H14N4O. The van der Waals surface area contributed by atoms with E-state index < -0.39 is 0 Å². The second kappa shape index (κ2) is 5.29. The lowest BCUT2D eigenvalue weighted by molar-refractivity contribution is -0.116. The van der Waals surface area contributed by atoms with Crippen LogP contribution in [0, 0.1) is 0 Å². The summed E-state index contributed by atoms with van der Waals surface area (Å²) in [5.74, 6) is 0.485. The molecule has 1 heterocycles. The number of amides is 1. The highest BCUT2D eigenvalue weighted by Gasteiger charge is 2.07. The van der Waals surface area contributed by atoms with Gasteiger partial charge in [-0.1, -0.05) is 0 Å². The molecule has 0 bridgehead atoms. The van der Waals surface area contributed by atoms with Crippen molar-refractivity contribution in [2.45, 2.75) is 19.4 Å². The summed E-state index contributed by atoms with van der Waals surface area (Å²) in [5.41, 5.74) is 0. The summed E-state index contributed by atoms with van der Waals surface area (Å²) in [5, 5.41) is 5.67. The van der Waals surface area contributed by atoms with Gasteiger partial charge in [0.25, 0.3) is 0 Å². The first-order valence-electron chi connectivity index (χ1n) is 4.45. The second-order valence-electron chi connectivity index (χ2n) is 3.04. The lowest BCUT2D eigenvalue weighted by atomic mass is 10.2. The van der Waals surface area contributed by atoms with Gasteiger partial charge in [0.05, 0.1) is 0 Å². The monoisotopic (exact) mass is 194 g/mol. The Kier molecular flexibility index (Phi) is 4.00. The largest absolute Gasteiger partial charge is 0.317 e. The van der Waals surface area contributed by atoms with E-state index in [1.54, 1.807) is 12.3 Å². The molecule has 1 aromatic heterocycles. The first-order chi connectivity index (χ1) is 6.72. The molecule has 14 heavy (non-hydrogen) atoms. The van der Waals surface area contributed by atoms with Crippen molar-refractivity contribution in [3.8, 4) is 0 Å². The van der Waals surface area contributed by atoms with Crippen molar-refractivity contribution in [3.63, 3.8) is 0 Å². The number of hydrogen-bond donors (Lipinski definition) is 2. The molecule has 1 rings (SSSR count). The van der Waals surface area contributed by atoms with Crippen molar-refractivity contribution in [1.82, 2.24) is 15.3 Å². The van der Waals surface area contributed by atoms with Crippen molar-refractivity contribution in [1.29, 1.82) is 0 Å². The van der Waals surface area contributed by atoms with Crippen molar-refractivity contribution < 1.29 is 4.79 Å². The molecule has 0 radical (unpaired) electrons. The molecule has 0 aliphatic carbocycles. The van der Waals surface area contributed by atoms with Crippen LogP contribution in [0.4, 0.5) is 5.82 Å². The Hall–Kier alpha value is -1.49. The van der Waals surface area contributed by atoms with Crippen molar-refractivity contribution in [3.05, 3.63) is 18.6 Å². The summed E-state index contributed by atoms with van der Waals surface area (Å²) in [6.45, 7) is 1.94. The maximum atomic E-state index is 11.4. The molecule has 0 aliphatic rings. The molecule has 1 amide bonds. The van der Waals surface area contributed by atoms with Gasteiger partial charge in [0, 0.05) is 18.7 Å². The maximum Gasteiger partial charge on any atom is 0.227 e. The minimum Gasteiger partial charge on any atom is -0.317 e. The molecule has 1 unspecified atom stereocenters. The molecular weight excluding hydrogens is 180 g/mol. The number of rotatable bonds is 4. The van der Waals surface area contributed by atoms with Crippen LogP contribution >= 0.6 is 0 Å². The van der Waals surface area contributed by atoms with E-state index in [1.165, 1.54) is 6.33 Å². The van der Waals surface area contributed by atoms with Gasteiger partial charge in [-0.3, -0.25) is 4.79 Å². The number of aromatic nitrogens is 2. The van der Waals surface area contributed by atoms with Gasteiger partial charge in [-0.15, -0.1) is 0 Å². The maximum absolute atomic E-state index is 11.4. The van der Waals surface area contributed by atoms with Crippen LogP contribution in [-0.4, -0.2) is 29.0 Å². The summed E-state index contributed by atoms with van der Waals surface area (Å²) in [4.78, 5) is 19.0. The number of hydrogen-bond acceptors (Lipinski definition) is 4. The molecule has 5 heteroatoms. The Morgan fingerprint density at radius 1 is 1.64 bits per heavy atom. The lowest BCUT2D eigenvalue weighted by Gasteiger charge is -2.09. The molecule has 1 atom stereocenters. The molecule has 0 aromatic carbocycles. The van der Waals surface area contributed by atoms with E-state index in [2.05, 4.69) is 20.6 Å². The lowest BCUT2D eigenvalue weighted by Crippen LogP contribution is -2.27. The van der Waals surface area contributed by atoms with Crippen molar-refractivity contribution in [2.24, 2.45) is 0 Å². The molecule has 76 valence electrons. The molecule has 0 saturated heterocycles. The van der Waals surface area contributed by atoms with Gasteiger partial charge >= 0.3 is 0 Å². The molecule has 0 spiro atoms. The first kappa shape index (κ1) is 10.6. The zero-order valence-corrected chi connectivity index (χ0v) is 8.32. The van der Waals surface area contributed by atoms with Gasteiger partial charge in [0.15, 0.2) is 0 Å². The Bertz CT molecular complexity index is 288. The van der Waals surface area contributed by atoms with E-state index in [0.29, 0.717) is 12.2 Å². The van der Waals surface area contributed by atoms with Gasteiger partial charge < -0.3 is 10.6 Å². The second-order valence-corrected chi connectivity index (χ2v) is 3.04. The molecule has 0 aliphatic heterocycles. The number of anilines is 1. The SMILES string of the molecule is CNC(C)CC(=O)Nc1ccncn1. The van der Waals surface area contributed by atoms with E-state index in [4.69, 9.17) is 0 Å². The average molecular weight is 194 g/mol. The number of carbonyl (C=O) groups excluding carboxylic acids is 1. The quantitative estimate of drug-likeness (QED) is 0.728. The predicted octanol–water partition coefficient (Wildman–Crippen LogP) is 0.413. The zero-order valence-electron chi connectivity index (χ0n) is 8.32. The van der Waals surface area contributed by atoms with Crippen molar-refractivity contribution >= 4 is 11.7 Å². The average Bonchev–Trinajstić information content (AvgIpc) is 2.19. The highest BCUT2D eigenvalue weighted by Crippen LogP contribution is 2.00. The third-order valence-corrected chi connectivity index (χ3v) is 1.83. The fourth-order valence-electron chi connectivity index (χ4n) is 0.939. The number of nitrogens with zero attached hydrogens (tertiary/aromatic N) is 2. The molecule has 5 nitrogen and oxygen atoms in total. The number of nitrogens with one attached hydrogen (secondary N) is 2. The summed E-state index contributed by atoms with van der Waals surface area (Å²) in [6, 6.07) is 1.82. The van der Waals surface area contributed by atoms with Gasteiger partial charge in [0.1, 0.15) is 12.1 Å². The van der Waals surface area contributed by atoms with Gasteiger partial charge in [0.2, 0.25) is 5.91 Å². The Labute approximate surface area is 83.0 Å². The molecule has 0 saturated carbocycles. The van der Waals surface area contributed by atoms with Crippen LogP contribution in [0.5, 0.6) is 0 Å². The highest BCUT2D eigenvalue weighted by atomic mass is 16.1. The summed E-state index contributed by atoms with van der Waals surface area (Å²) < 4.78 is 0. The predicted molar refractivity (Wildman–Crippen MR) is 53.8 cm³/mol. The normalized spacial score (nSPS) is 12.1. The zero-order chi connectivity index (χ0) is 10.4. The van der Waals surface area contributed by atoms with E-state index >= 15 is 0 Å². The third-order valence-electron chi connectivity index (χ3n) is 1.83. The molecule has 1 aromatic rings. The minimum absolute atomic E-state index is 0.0504. The topological polar surface area (TPSA) is 66.9 Å². The standard InChI is InChI=1S/C9H14N4O/c1-7(10-2)5-9(14)13-8-3-4-11-6-12-8/h3-4,6-7,10H,5H2,1-2H3,(H,11,12,13,14). The highest BCUT2D eigenvalue weighted by molar-refractivity contribution is 5.89. The smallest absolute Gasteiger partial charge is 0.227 e. The van der Waals surface area contributed by atoms with Gasteiger partial charge in [-0.2, -0.15) is 0 Å². The molecule has 0 fully saturated rings. The van der Waals surface area contributed by atoms with Crippen molar-refractivity contribution in [2.75, 3.05) is 12.4 Å². The fraction of sp³-hybridized carbons (Fsp3) is 0.444. The molecule has 2 N–H and O–H groups in total. The summed E-state index contributed by atoms with van der Waals surface area (Å²) >= 11 is 0. The summed E-state index contributed by atoms with van der Waals surface area (Å²) in [6.07, 6.45) is 3.42. The van der Waals surface area contributed by atoms with E-state index in [-0.39, 0.29) is 11.9 Å². The van der Waals surface area contributed by atoms with E-state index in [0.717, 1.165) is 0 Å². The van der Waals surface area contributed by atoms with E-state index in [1.807, 2.05) is 14.0 Å². The Morgan fingerprint density at radius 2 is 2.43 bits per heavy atom. The summed E-state index contributed by atoms with van der Waals surface area (Å²) in [7, 11) is 1.82. The van der Waals surface area contributed by atoms with Crippen LogP contribution in [0.1, 0.15) is 13.3 Å². The van der Waals surface area contributed by atoms with Crippen LogP contribution in [0.15, 0.2) is 18.6 Å². The number of carbonyl (C=O) groups is 1. The first-order valence-corrected chi connectivity index (χ1v) is 4.45. The van der Waals surface area contributed by atoms with Gasteiger partial charge in [-0.25, -0.2) is 9.97 Å². The third kappa shape index (κ3) is 3.49. The fourth-order valence-corrected chi connectivity index (χ4v) is 0.939. The van der Waals surface area contributed by atoms with Crippen LogP contribution in [0.25, 0.3) is 0 Å². The Morgan fingerprint density at radius 3 is 3.00 bits per heavy atom. The van der Waals surface area contributed by atoms with Crippen LogP contribution < -0.4 is 10.6 Å².